The van der Waals surface area contributed by atoms with E-state index >= 15 is 0 Å². The van der Waals surface area contributed by atoms with E-state index in [-0.39, 0.29) is 6.42 Å². The van der Waals surface area contributed by atoms with Gasteiger partial charge in [0.15, 0.2) is 0 Å². The second-order valence-electron chi connectivity index (χ2n) is 6.63. The predicted octanol–water partition coefficient (Wildman–Crippen LogP) is 0.931. The summed E-state index contributed by atoms with van der Waals surface area (Å²) >= 11 is 0. The summed E-state index contributed by atoms with van der Waals surface area (Å²) in [4.78, 5) is 23.8. The molecule has 0 bridgehead atoms. The van der Waals surface area contributed by atoms with Crippen molar-refractivity contribution in [3.8, 4) is 11.5 Å². The number of unbranched alkanes of at least 4 members (excludes halogenated alkanes) is 1. The average Bonchev–Trinajstić information content (AvgIpc) is 2.66. The third-order valence-corrected chi connectivity index (χ3v) is 4.69. The number of anilines is 1. The van der Waals surface area contributed by atoms with Gasteiger partial charge in [-0.1, -0.05) is 26.7 Å². The summed E-state index contributed by atoms with van der Waals surface area (Å²) in [5.41, 5.74) is 0.438. The van der Waals surface area contributed by atoms with Gasteiger partial charge in [-0.25, -0.2) is 0 Å². The van der Waals surface area contributed by atoms with Crippen molar-refractivity contribution >= 4 is 17.6 Å². The summed E-state index contributed by atoms with van der Waals surface area (Å²) < 4.78 is 10.4. The largest absolute Gasteiger partial charge is 0.544 e. The second kappa shape index (κ2) is 12.2. The van der Waals surface area contributed by atoms with E-state index in [1.807, 2.05) is 0 Å². The minimum atomic E-state index is -1.23. The van der Waals surface area contributed by atoms with Crippen molar-refractivity contribution in [1.82, 2.24) is 0 Å². The fraction of sp³-hybridized carbons (Fsp3) is 0.600. The maximum Gasteiger partial charge on any atom is 0.230 e. The molecule has 152 valence electrons. The quantitative estimate of drug-likeness (QED) is 0.530. The van der Waals surface area contributed by atoms with Gasteiger partial charge in [0.05, 0.1) is 38.8 Å². The van der Waals surface area contributed by atoms with Crippen LogP contribution in [-0.4, -0.2) is 38.7 Å². The van der Waals surface area contributed by atoms with Crippen LogP contribution in [0.5, 0.6) is 11.5 Å². The van der Waals surface area contributed by atoms with E-state index in [0.29, 0.717) is 29.6 Å². The average molecular weight is 380 g/mol. The zero-order valence-electron chi connectivity index (χ0n) is 16.7. The smallest absolute Gasteiger partial charge is 0.230 e. The van der Waals surface area contributed by atoms with E-state index in [0.717, 1.165) is 25.7 Å². The summed E-state index contributed by atoms with van der Waals surface area (Å²) in [5.74, 6) is -0.158. The van der Waals surface area contributed by atoms with E-state index in [9.17, 15) is 14.7 Å². The Morgan fingerprint density at radius 3 is 2.52 bits per heavy atom. The van der Waals surface area contributed by atoms with Gasteiger partial charge in [0.2, 0.25) is 5.91 Å². The normalized spacial score (nSPS) is 12.9. The molecule has 0 radical (unpaired) electrons. The number of aliphatic carboxylic acids is 1. The first kappa shape index (κ1) is 22.8. The maximum atomic E-state index is 12.4. The van der Waals surface area contributed by atoms with Gasteiger partial charge in [-0.15, -0.1) is 0 Å². The van der Waals surface area contributed by atoms with Crippen LogP contribution in [0.2, 0.25) is 0 Å². The molecule has 0 saturated heterocycles. The third kappa shape index (κ3) is 7.86. The molecule has 7 heteroatoms. The predicted molar refractivity (Wildman–Crippen MR) is 102 cm³/mol. The SMILES string of the molecule is CCCC[C@@H](CC)C[NH2+][C@H](CC(=O)Nc1cc(OC)ccc1OC)C(=O)[O-]. The summed E-state index contributed by atoms with van der Waals surface area (Å²) in [6.45, 7) is 4.91. The summed E-state index contributed by atoms with van der Waals surface area (Å²) in [6, 6.07) is 4.10. The molecule has 27 heavy (non-hydrogen) atoms. The number of carboxylic acids is 1. The number of amides is 1. The lowest BCUT2D eigenvalue weighted by Crippen LogP contribution is -2.94. The highest BCUT2D eigenvalue weighted by Gasteiger charge is 2.21. The van der Waals surface area contributed by atoms with Crippen molar-refractivity contribution in [1.29, 1.82) is 0 Å². The zero-order chi connectivity index (χ0) is 20.2. The number of ether oxygens (including phenoxy) is 2. The highest BCUT2D eigenvalue weighted by molar-refractivity contribution is 5.94. The molecule has 1 aromatic rings. The Labute approximate surface area is 161 Å². The van der Waals surface area contributed by atoms with Crippen molar-refractivity contribution in [3.63, 3.8) is 0 Å². The van der Waals surface area contributed by atoms with Gasteiger partial charge in [-0.05, 0) is 25.0 Å². The van der Waals surface area contributed by atoms with Crippen LogP contribution in [-0.2, 0) is 9.59 Å². The van der Waals surface area contributed by atoms with E-state index < -0.39 is 17.9 Å². The van der Waals surface area contributed by atoms with E-state index in [1.54, 1.807) is 23.5 Å². The summed E-state index contributed by atoms with van der Waals surface area (Å²) in [7, 11) is 3.02. The highest BCUT2D eigenvalue weighted by Crippen LogP contribution is 2.28. The van der Waals surface area contributed by atoms with Crippen molar-refractivity contribution in [2.45, 2.75) is 52.0 Å². The van der Waals surface area contributed by atoms with Crippen LogP contribution >= 0.6 is 0 Å². The highest BCUT2D eigenvalue weighted by atomic mass is 16.5. The van der Waals surface area contributed by atoms with E-state index in [1.165, 1.54) is 14.2 Å². The van der Waals surface area contributed by atoms with E-state index in [4.69, 9.17) is 9.47 Å². The molecule has 0 spiro atoms. The number of quaternary nitrogens is 1. The Morgan fingerprint density at radius 2 is 1.96 bits per heavy atom. The first-order valence-corrected chi connectivity index (χ1v) is 9.51. The van der Waals surface area contributed by atoms with Crippen molar-refractivity contribution in [2.75, 3.05) is 26.1 Å². The van der Waals surface area contributed by atoms with Gasteiger partial charge in [-0.3, -0.25) is 4.79 Å². The van der Waals surface area contributed by atoms with Crippen LogP contribution in [0.25, 0.3) is 0 Å². The fourth-order valence-electron chi connectivity index (χ4n) is 2.91. The molecule has 0 unspecified atom stereocenters. The Bertz CT molecular complexity index is 606. The minimum Gasteiger partial charge on any atom is -0.544 e. The lowest BCUT2D eigenvalue weighted by Gasteiger charge is -2.20. The van der Waals surface area contributed by atoms with Crippen molar-refractivity contribution < 1.29 is 29.5 Å². The van der Waals surface area contributed by atoms with Crippen molar-refractivity contribution in [2.24, 2.45) is 5.92 Å². The summed E-state index contributed by atoms with van der Waals surface area (Å²) in [5, 5.41) is 15.9. The van der Waals surface area contributed by atoms with Crippen LogP contribution < -0.4 is 25.2 Å². The van der Waals surface area contributed by atoms with E-state index in [2.05, 4.69) is 19.2 Å². The Hall–Kier alpha value is -2.28. The van der Waals surface area contributed by atoms with Crippen LogP contribution in [0, 0.1) is 5.92 Å². The lowest BCUT2D eigenvalue weighted by atomic mass is 9.99. The Morgan fingerprint density at radius 1 is 1.22 bits per heavy atom. The molecule has 1 rings (SSSR count). The number of rotatable bonds is 13. The standard InChI is InChI=1S/C20H32N2O5/c1-5-7-8-14(6-2)13-21-17(20(24)25)12-19(23)22-16-11-15(26-3)9-10-18(16)27-4/h9-11,14,17,21H,5-8,12-13H2,1-4H3,(H,22,23)(H,24,25)/t14-,17-/m1/s1. The van der Waals surface area contributed by atoms with Gasteiger partial charge in [0.25, 0.3) is 0 Å². The Kier molecular flexibility index (Phi) is 10.3. The first-order valence-electron chi connectivity index (χ1n) is 9.51. The molecule has 0 aliphatic rings. The lowest BCUT2D eigenvalue weighted by molar-refractivity contribution is -0.687. The molecule has 0 aliphatic heterocycles. The number of carboxylic acid groups (broad SMARTS) is 1. The number of nitrogens with one attached hydrogen (secondary N) is 1. The van der Waals surface area contributed by atoms with Crippen LogP contribution in [0.3, 0.4) is 0 Å². The molecule has 3 N–H and O–H groups in total. The van der Waals surface area contributed by atoms with Gasteiger partial charge in [0.1, 0.15) is 17.5 Å². The topological polar surface area (TPSA) is 104 Å². The van der Waals surface area contributed by atoms with Gasteiger partial charge >= 0.3 is 0 Å². The Balaban J connectivity index is 2.69. The van der Waals surface area contributed by atoms with Crippen LogP contribution in [0.1, 0.15) is 46.0 Å². The minimum absolute atomic E-state index is 0.174. The molecule has 2 atom stereocenters. The number of hydrogen-bond acceptors (Lipinski definition) is 5. The number of carbonyl (C=O) groups excluding carboxylic acids is 2. The van der Waals surface area contributed by atoms with Crippen molar-refractivity contribution in [3.05, 3.63) is 18.2 Å². The molecule has 0 fully saturated rings. The van der Waals surface area contributed by atoms with Gasteiger partial charge in [0, 0.05) is 12.0 Å². The maximum absolute atomic E-state index is 12.4. The number of hydrogen-bond donors (Lipinski definition) is 2. The van der Waals surface area contributed by atoms with Crippen LogP contribution in [0.4, 0.5) is 5.69 Å². The van der Waals surface area contributed by atoms with Gasteiger partial charge < -0.3 is 30.0 Å². The molecular formula is C20H32N2O5. The molecule has 1 amide bonds. The molecule has 7 nitrogen and oxygen atoms in total. The fourth-order valence-corrected chi connectivity index (χ4v) is 2.91. The first-order chi connectivity index (χ1) is 12.9. The molecular weight excluding hydrogens is 348 g/mol. The summed E-state index contributed by atoms with van der Waals surface area (Å²) in [6.07, 6.45) is 4.12. The number of carbonyl (C=O) groups is 2. The number of benzene rings is 1. The molecule has 0 aromatic heterocycles. The number of methoxy groups -OCH3 is 2. The molecule has 0 aliphatic carbocycles. The van der Waals surface area contributed by atoms with Crippen LogP contribution in [0.15, 0.2) is 18.2 Å². The molecule has 1 aromatic carbocycles. The third-order valence-electron chi connectivity index (χ3n) is 4.69. The molecule has 0 saturated carbocycles. The van der Waals surface area contributed by atoms with Gasteiger partial charge in [-0.2, -0.15) is 0 Å². The zero-order valence-corrected chi connectivity index (χ0v) is 16.7. The second-order valence-corrected chi connectivity index (χ2v) is 6.63. The molecule has 0 heterocycles. The number of nitrogens with two attached hydrogens (primary N) is 1. The monoisotopic (exact) mass is 380 g/mol.